The topological polar surface area (TPSA) is 30.5 Å². The highest BCUT2D eigenvalue weighted by atomic mass is 19.3. The average molecular weight is 321 g/mol. The summed E-state index contributed by atoms with van der Waals surface area (Å²) >= 11 is 0. The quantitative estimate of drug-likeness (QED) is 0.787. The summed E-state index contributed by atoms with van der Waals surface area (Å²) in [6.07, 6.45) is 0. The summed E-state index contributed by atoms with van der Waals surface area (Å²) in [5.74, 6) is 0.434. The van der Waals surface area contributed by atoms with E-state index in [1.165, 1.54) is 5.56 Å². The van der Waals surface area contributed by atoms with E-state index in [2.05, 4.69) is 10.1 Å². The van der Waals surface area contributed by atoms with E-state index in [0.717, 1.165) is 5.56 Å². The van der Waals surface area contributed by atoms with Crippen LogP contribution in [-0.2, 0) is 13.1 Å². The van der Waals surface area contributed by atoms with Gasteiger partial charge in [-0.05, 0) is 25.5 Å². The fourth-order valence-corrected chi connectivity index (χ4v) is 2.24. The molecule has 2 rings (SSSR count). The van der Waals surface area contributed by atoms with Crippen LogP contribution in [0.3, 0.4) is 0 Å². The van der Waals surface area contributed by atoms with Crippen molar-refractivity contribution in [1.29, 1.82) is 0 Å². The number of halogens is 2. The molecule has 2 aromatic carbocycles. The Morgan fingerprint density at radius 2 is 1.78 bits per heavy atom. The second-order valence-corrected chi connectivity index (χ2v) is 5.15. The molecule has 23 heavy (non-hydrogen) atoms. The Hall–Kier alpha value is -2.14. The standard InChI is InChI=1S/C18H21F2NO2/c1-3-22-16-6-4-5-15(17(16)23-18(19)20)12-21-11-14-9-7-13(2)8-10-14/h4-10,18,21H,3,11-12H2,1-2H3. The fraction of sp³-hybridized carbons (Fsp3) is 0.333. The molecule has 0 saturated carbocycles. The van der Waals surface area contributed by atoms with Crippen LogP contribution in [0, 0.1) is 6.92 Å². The number of ether oxygens (including phenoxy) is 2. The third kappa shape index (κ3) is 5.21. The van der Waals surface area contributed by atoms with E-state index in [1.54, 1.807) is 25.1 Å². The number of aryl methyl sites for hydroxylation is 1. The van der Waals surface area contributed by atoms with Crippen LogP contribution in [0.15, 0.2) is 42.5 Å². The number of alkyl halides is 2. The van der Waals surface area contributed by atoms with Crippen molar-refractivity contribution in [3.05, 3.63) is 59.2 Å². The van der Waals surface area contributed by atoms with E-state index in [4.69, 9.17) is 4.74 Å². The van der Waals surface area contributed by atoms with Crippen LogP contribution in [0.25, 0.3) is 0 Å². The Kier molecular flexibility index (Phi) is 6.35. The van der Waals surface area contributed by atoms with E-state index >= 15 is 0 Å². The van der Waals surface area contributed by atoms with Crippen molar-refractivity contribution in [3.63, 3.8) is 0 Å². The van der Waals surface area contributed by atoms with Gasteiger partial charge in [-0.1, -0.05) is 42.0 Å². The number of hydrogen-bond acceptors (Lipinski definition) is 3. The Bertz CT molecular complexity index is 615. The molecule has 3 nitrogen and oxygen atoms in total. The SMILES string of the molecule is CCOc1cccc(CNCc2ccc(C)cc2)c1OC(F)F. The maximum absolute atomic E-state index is 12.6. The van der Waals surface area contributed by atoms with E-state index in [9.17, 15) is 8.78 Å². The largest absolute Gasteiger partial charge is 0.490 e. The summed E-state index contributed by atoms with van der Waals surface area (Å²) in [5.41, 5.74) is 2.97. The number of benzene rings is 2. The molecule has 0 fully saturated rings. The molecule has 0 unspecified atom stereocenters. The van der Waals surface area contributed by atoms with Gasteiger partial charge in [-0.25, -0.2) is 0 Å². The third-order valence-corrected chi connectivity index (χ3v) is 3.33. The van der Waals surface area contributed by atoms with Crippen molar-refractivity contribution in [1.82, 2.24) is 5.32 Å². The van der Waals surface area contributed by atoms with E-state index < -0.39 is 6.61 Å². The van der Waals surface area contributed by atoms with Gasteiger partial charge in [0.1, 0.15) is 0 Å². The zero-order chi connectivity index (χ0) is 16.7. The van der Waals surface area contributed by atoms with Gasteiger partial charge in [0.25, 0.3) is 0 Å². The molecule has 0 bridgehead atoms. The molecule has 124 valence electrons. The second kappa shape index (κ2) is 8.48. The smallest absolute Gasteiger partial charge is 0.387 e. The van der Waals surface area contributed by atoms with Gasteiger partial charge >= 0.3 is 6.61 Å². The van der Waals surface area contributed by atoms with Gasteiger partial charge < -0.3 is 14.8 Å². The molecule has 0 aromatic heterocycles. The minimum Gasteiger partial charge on any atom is -0.490 e. The minimum atomic E-state index is -2.88. The number of para-hydroxylation sites is 1. The molecule has 0 aliphatic rings. The normalized spacial score (nSPS) is 10.8. The fourth-order valence-electron chi connectivity index (χ4n) is 2.24. The second-order valence-electron chi connectivity index (χ2n) is 5.15. The van der Waals surface area contributed by atoms with Crippen molar-refractivity contribution in [2.24, 2.45) is 0 Å². The first-order chi connectivity index (χ1) is 11.1. The summed E-state index contributed by atoms with van der Waals surface area (Å²) in [6.45, 7) is 2.40. The van der Waals surface area contributed by atoms with E-state index in [1.807, 2.05) is 31.2 Å². The monoisotopic (exact) mass is 321 g/mol. The van der Waals surface area contributed by atoms with Gasteiger partial charge in [-0.15, -0.1) is 0 Å². The predicted octanol–water partition coefficient (Wildman–Crippen LogP) is 4.28. The van der Waals surface area contributed by atoms with Crippen LogP contribution in [0.2, 0.25) is 0 Å². The zero-order valence-electron chi connectivity index (χ0n) is 13.3. The molecule has 0 atom stereocenters. The number of nitrogens with one attached hydrogen (secondary N) is 1. The van der Waals surface area contributed by atoms with Crippen LogP contribution in [-0.4, -0.2) is 13.2 Å². The van der Waals surface area contributed by atoms with Crippen molar-refractivity contribution >= 4 is 0 Å². The van der Waals surface area contributed by atoms with Gasteiger partial charge in [-0.3, -0.25) is 0 Å². The van der Waals surface area contributed by atoms with Gasteiger partial charge in [0.2, 0.25) is 0 Å². The Labute approximate surface area is 135 Å². The first-order valence-corrected chi connectivity index (χ1v) is 7.56. The first-order valence-electron chi connectivity index (χ1n) is 7.56. The van der Waals surface area contributed by atoms with E-state index in [-0.39, 0.29) is 5.75 Å². The molecule has 5 heteroatoms. The van der Waals surface area contributed by atoms with Crippen molar-refractivity contribution in [2.75, 3.05) is 6.61 Å². The lowest BCUT2D eigenvalue weighted by atomic mass is 10.1. The summed E-state index contributed by atoms with van der Waals surface area (Å²) in [5, 5.41) is 3.24. The maximum Gasteiger partial charge on any atom is 0.387 e. The molecule has 1 N–H and O–H groups in total. The minimum absolute atomic E-state index is 0.0979. The van der Waals surface area contributed by atoms with Crippen LogP contribution < -0.4 is 14.8 Å². The Morgan fingerprint density at radius 3 is 2.43 bits per heavy atom. The van der Waals surface area contributed by atoms with Gasteiger partial charge in [0, 0.05) is 18.7 Å². The zero-order valence-corrected chi connectivity index (χ0v) is 13.3. The molecule has 0 heterocycles. The lowest BCUT2D eigenvalue weighted by molar-refractivity contribution is -0.0521. The Morgan fingerprint density at radius 1 is 1.04 bits per heavy atom. The highest BCUT2D eigenvalue weighted by Crippen LogP contribution is 2.32. The summed E-state index contributed by atoms with van der Waals surface area (Å²) in [6, 6.07) is 13.3. The first kappa shape index (κ1) is 17.2. The lowest BCUT2D eigenvalue weighted by Gasteiger charge is -2.15. The lowest BCUT2D eigenvalue weighted by Crippen LogP contribution is -2.15. The molecule has 0 amide bonds. The molecular formula is C18H21F2NO2. The van der Waals surface area contributed by atoms with E-state index in [0.29, 0.717) is 31.0 Å². The van der Waals surface area contributed by atoms with Gasteiger partial charge in [0.15, 0.2) is 11.5 Å². The molecule has 2 aromatic rings. The summed E-state index contributed by atoms with van der Waals surface area (Å²) < 4.78 is 35.3. The highest BCUT2D eigenvalue weighted by Gasteiger charge is 2.15. The van der Waals surface area contributed by atoms with Crippen LogP contribution in [0.4, 0.5) is 8.78 Å². The van der Waals surface area contributed by atoms with Crippen molar-refractivity contribution < 1.29 is 18.3 Å². The van der Waals surface area contributed by atoms with Crippen LogP contribution in [0.5, 0.6) is 11.5 Å². The van der Waals surface area contributed by atoms with Crippen LogP contribution in [0.1, 0.15) is 23.6 Å². The van der Waals surface area contributed by atoms with Crippen molar-refractivity contribution in [3.8, 4) is 11.5 Å². The average Bonchev–Trinajstić information content (AvgIpc) is 2.52. The summed E-state index contributed by atoms with van der Waals surface area (Å²) in [7, 11) is 0. The maximum atomic E-state index is 12.6. The third-order valence-electron chi connectivity index (χ3n) is 3.33. The molecular weight excluding hydrogens is 300 g/mol. The number of hydrogen-bond donors (Lipinski definition) is 1. The molecule has 0 aliphatic carbocycles. The Balaban J connectivity index is 2.05. The van der Waals surface area contributed by atoms with Gasteiger partial charge in [-0.2, -0.15) is 8.78 Å². The number of rotatable bonds is 8. The summed E-state index contributed by atoms with van der Waals surface area (Å²) in [4.78, 5) is 0. The molecule has 0 saturated heterocycles. The van der Waals surface area contributed by atoms with Gasteiger partial charge in [0.05, 0.1) is 6.61 Å². The molecule has 0 aliphatic heterocycles. The van der Waals surface area contributed by atoms with Crippen LogP contribution >= 0.6 is 0 Å². The molecule has 0 spiro atoms. The highest BCUT2D eigenvalue weighted by molar-refractivity contribution is 5.46. The molecule has 0 radical (unpaired) electrons. The van der Waals surface area contributed by atoms with Crippen molar-refractivity contribution in [2.45, 2.75) is 33.5 Å². The predicted molar refractivity (Wildman–Crippen MR) is 86.0 cm³/mol.